The van der Waals surface area contributed by atoms with E-state index in [1.165, 1.54) is 11.9 Å². The van der Waals surface area contributed by atoms with Crippen molar-refractivity contribution in [2.75, 3.05) is 39.8 Å². The minimum atomic E-state index is -0.584. The normalized spacial score (nSPS) is 14.1. The predicted molar refractivity (Wildman–Crippen MR) is 81.1 cm³/mol. The Balaban J connectivity index is 0.00000242. The van der Waals surface area contributed by atoms with E-state index in [4.69, 9.17) is 0 Å². The molecule has 0 spiro atoms. The molecule has 0 radical (unpaired) electrons. The Hall–Kier alpha value is -2.13. The zero-order valence-corrected chi connectivity index (χ0v) is 12.9. The van der Waals surface area contributed by atoms with Crippen molar-refractivity contribution >= 4 is 29.9 Å². The van der Waals surface area contributed by atoms with Gasteiger partial charge in [-0.3, -0.25) is 19.7 Å². The first-order chi connectivity index (χ1) is 9.99. The lowest BCUT2D eigenvalue weighted by Crippen LogP contribution is -2.49. The number of carbonyl (C=O) groups excluding carboxylic acids is 2. The van der Waals surface area contributed by atoms with Crippen molar-refractivity contribution in [2.45, 2.75) is 0 Å². The van der Waals surface area contributed by atoms with Crippen LogP contribution in [0.15, 0.2) is 12.3 Å². The SMILES string of the molecule is CN(CC(=O)N1CCNCC1)C(=O)c1cc([N+](=O)[O-])c[nH]1.Cl. The van der Waals surface area contributed by atoms with Gasteiger partial charge in [0.15, 0.2) is 0 Å². The molecule has 22 heavy (non-hydrogen) atoms. The second-order valence-electron chi connectivity index (χ2n) is 4.82. The smallest absolute Gasteiger partial charge is 0.287 e. The highest BCUT2D eigenvalue weighted by molar-refractivity contribution is 5.95. The van der Waals surface area contributed by atoms with E-state index in [9.17, 15) is 19.7 Å². The van der Waals surface area contributed by atoms with Crippen molar-refractivity contribution in [3.05, 3.63) is 28.1 Å². The molecule has 2 heterocycles. The highest BCUT2D eigenvalue weighted by Crippen LogP contribution is 2.13. The lowest BCUT2D eigenvalue weighted by atomic mass is 10.3. The Kier molecular flexibility index (Phi) is 6.32. The van der Waals surface area contributed by atoms with Crippen LogP contribution in [0, 0.1) is 10.1 Å². The van der Waals surface area contributed by atoms with E-state index in [2.05, 4.69) is 10.3 Å². The fourth-order valence-electron chi connectivity index (χ4n) is 2.11. The monoisotopic (exact) mass is 331 g/mol. The van der Waals surface area contributed by atoms with Crippen LogP contribution < -0.4 is 5.32 Å². The first-order valence-electron chi connectivity index (χ1n) is 6.56. The number of nitro groups is 1. The average Bonchev–Trinajstić information content (AvgIpc) is 2.97. The molecule has 0 aromatic carbocycles. The summed E-state index contributed by atoms with van der Waals surface area (Å²) in [4.78, 5) is 39.6. The number of aromatic amines is 1. The van der Waals surface area contributed by atoms with E-state index < -0.39 is 10.8 Å². The van der Waals surface area contributed by atoms with Crippen LogP contribution in [0.4, 0.5) is 5.69 Å². The molecule has 2 N–H and O–H groups in total. The van der Waals surface area contributed by atoms with E-state index in [1.54, 1.807) is 4.90 Å². The van der Waals surface area contributed by atoms with Gasteiger partial charge in [-0.25, -0.2) is 0 Å². The molecule has 122 valence electrons. The molecule has 1 aliphatic heterocycles. The summed E-state index contributed by atoms with van der Waals surface area (Å²) in [6.45, 7) is 2.67. The summed E-state index contributed by atoms with van der Waals surface area (Å²) in [5.41, 5.74) is -0.0857. The summed E-state index contributed by atoms with van der Waals surface area (Å²) in [6.07, 6.45) is 1.15. The number of nitrogens with zero attached hydrogens (tertiary/aromatic N) is 3. The minimum Gasteiger partial charge on any atom is -0.351 e. The highest BCUT2D eigenvalue weighted by atomic mass is 35.5. The molecule has 9 nitrogen and oxygen atoms in total. The maximum Gasteiger partial charge on any atom is 0.287 e. The van der Waals surface area contributed by atoms with Gasteiger partial charge < -0.3 is 20.1 Å². The third-order valence-corrected chi connectivity index (χ3v) is 3.30. The topological polar surface area (TPSA) is 112 Å². The molecule has 0 atom stereocenters. The van der Waals surface area contributed by atoms with E-state index in [0.29, 0.717) is 13.1 Å². The predicted octanol–water partition coefficient (Wildman–Crippen LogP) is -0.151. The van der Waals surface area contributed by atoms with Gasteiger partial charge in [0.05, 0.1) is 17.7 Å². The molecule has 1 aliphatic rings. The zero-order chi connectivity index (χ0) is 15.4. The third kappa shape index (κ3) is 4.18. The fourth-order valence-corrected chi connectivity index (χ4v) is 2.11. The number of piperazine rings is 1. The third-order valence-electron chi connectivity index (χ3n) is 3.30. The number of nitrogens with one attached hydrogen (secondary N) is 2. The Bertz CT molecular complexity index is 555. The van der Waals surface area contributed by atoms with Crippen molar-refractivity contribution < 1.29 is 14.5 Å². The van der Waals surface area contributed by atoms with Crippen molar-refractivity contribution in [1.82, 2.24) is 20.1 Å². The van der Waals surface area contributed by atoms with Gasteiger partial charge in [-0.2, -0.15) is 0 Å². The zero-order valence-electron chi connectivity index (χ0n) is 12.1. The number of halogens is 1. The van der Waals surface area contributed by atoms with Crippen molar-refractivity contribution in [2.24, 2.45) is 0 Å². The van der Waals surface area contributed by atoms with Crippen molar-refractivity contribution in [1.29, 1.82) is 0 Å². The average molecular weight is 332 g/mol. The minimum absolute atomic E-state index is 0. The van der Waals surface area contributed by atoms with Gasteiger partial charge in [0.25, 0.3) is 11.6 Å². The van der Waals surface area contributed by atoms with Gasteiger partial charge in [0.2, 0.25) is 5.91 Å². The summed E-state index contributed by atoms with van der Waals surface area (Å²) in [6, 6.07) is 1.16. The van der Waals surface area contributed by atoms with Gasteiger partial charge in [0, 0.05) is 39.3 Å². The Morgan fingerprint density at radius 1 is 1.41 bits per heavy atom. The first-order valence-corrected chi connectivity index (χ1v) is 6.56. The summed E-state index contributed by atoms with van der Waals surface area (Å²) < 4.78 is 0. The van der Waals surface area contributed by atoms with E-state index in [1.807, 2.05) is 0 Å². The molecule has 1 fully saturated rings. The van der Waals surface area contributed by atoms with Crippen LogP contribution in [-0.4, -0.2) is 71.3 Å². The molecule has 2 rings (SSSR count). The van der Waals surface area contributed by atoms with Crippen LogP contribution in [0.1, 0.15) is 10.5 Å². The number of carbonyl (C=O) groups is 2. The van der Waals surface area contributed by atoms with Crippen LogP contribution in [0.2, 0.25) is 0 Å². The lowest BCUT2D eigenvalue weighted by Gasteiger charge is -2.29. The number of aromatic nitrogens is 1. The Labute approximate surface area is 133 Å². The van der Waals surface area contributed by atoms with Gasteiger partial charge in [0.1, 0.15) is 5.69 Å². The lowest BCUT2D eigenvalue weighted by molar-refractivity contribution is -0.384. The van der Waals surface area contributed by atoms with Gasteiger partial charge in [-0.05, 0) is 0 Å². The van der Waals surface area contributed by atoms with Crippen molar-refractivity contribution in [3.63, 3.8) is 0 Å². The molecule has 0 saturated carbocycles. The van der Waals surface area contributed by atoms with Crippen LogP contribution in [0.5, 0.6) is 0 Å². The van der Waals surface area contributed by atoms with Crippen LogP contribution >= 0.6 is 12.4 Å². The Morgan fingerprint density at radius 3 is 2.59 bits per heavy atom. The largest absolute Gasteiger partial charge is 0.351 e. The quantitative estimate of drug-likeness (QED) is 0.588. The van der Waals surface area contributed by atoms with E-state index in [0.717, 1.165) is 25.4 Å². The summed E-state index contributed by atoms with van der Waals surface area (Å²) >= 11 is 0. The Morgan fingerprint density at radius 2 is 2.05 bits per heavy atom. The van der Waals surface area contributed by atoms with Gasteiger partial charge in [-0.1, -0.05) is 0 Å². The molecule has 1 aromatic heterocycles. The number of hydrogen-bond acceptors (Lipinski definition) is 5. The number of likely N-dealkylation sites (N-methyl/N-ethyl adjacent to an activating group) is 1. The fraction of sp³-hybridized carbons (Fsp3) is 0.500. The molecule has 0 bridgehead atoms. The van der Waals surface area contributed by atoms with E-state index in [-0.39, 0.29) is 36.2 Å². The first kappa shape index (κ1) is 17.9. The van der Waals surface area contributed by atoms with Crippen molar-refractivity contribution in [3.8, 4) is 0 Å². The molecular weight excluding hydrogens is 314 g/mol. The summed E-state index contributed by atoms with van der Waals surface area (Å²) in [5.74, 6) is -0.583. The number of amides is 2. The molecule has 0 unspecified atom stereocenters. The van der Waals surface area contributed by atoms with Gasteiger partial charge in [-0.15, -0.1) is 12.4 Å². The second-order valence-corrected chi connectivity index (χ2v) is 4.82. The number of rotatable bonds is 4. The maximum absolute atomic E-state index is 12.1. The number of H-pyrrole nitrogens is 1. The highest BCUT2D eigenvalue weighted by Gasteiger charge is 2.22. The maximum atomic E-state index is 12.1. The van der Waals surface area contributed by atoms with Crippen LogP contribution in [0.3, 0.4) is 0 Å². The molecule has 10 heteroatoms. The summed E-state index contributed by atoms with van der Waals surface area (Å²) in [5, 5.41) is 13.7. The van der Waals surface area contributed by atoms with Crippen LogP contribution in [0.25, 0.3) is 0 Å². The van der Waals surface area contributed by atoms with Gasteiger partial charge >= 0.3 is 0 Å². The second kappa shape index (κ2) is 7.76. The molecule has 0 aliphatic carbocycles. The molecule has 1 aromatic rings. The standard InChI is InChI=1S/C12H17N5O4.ClH/c1-15(8-11(18)16-4-2-13-3-5-16)12(19)10-6-9(7-14-10)17(20)21;/h6-7,13-14H,2-5,8H2,1H3;1H. The molecule has 2 amide bonds. The molecule has 1 saturated heterocycles. The number of hydrogen-bond donors (Lipinski definition) is 2. The van der Waals surface area contributed by atoms with Crippen LogP contribution in [-0.2, 0) is 4.79 Å². The summed E-state index contributed by atoms with van der Waals surface area (Å²) in [7, 11) is 1.50. The molecular formula is C12H18ClN5O4. The van der Waals surface area contributed by atoms with E-state index >= 15 is 0 Å².